The fraction of sp³-hybridized carbons (Fsp3) is 0.182. The summed E-state index contributed by atoms with van der Waals surface area (Å²) in [7, 11) is 1.46. The lowest BCUT2D eigenvalue weighted by Crippen LogP contribution is -2.15. The van der Waals surface area contributed by atoms with Crippen molar-refractivity contribution in [2.75, 3.05) is 5.32 Å². The van der Waals surface area contributed by atoms with Crippen molar-refractivity contribution < 1.29 is 4.79 Å². The number of aromatic amines is 1. The Morgan fingerprint density at radius 2 is 2.22 bits per heavy atom. The predicted octanol–water partition coefficient (Wildman–Crippen LogP) is 1.32. The van der Waals surface area contributed by atoms with Gasteiger partial charge in [-0.3, -0.25) is 9.78 Å². The van der Waals surface area contributed by atoms with Gasteiger partial charge in [-0.25, -0.2) is 9.48 Å². The van der Waals surface area contributed by atoms with E-state index < -0.39 is 11.6 Å². The molecule has 94 valence electrons. The van der Waals surface area contributed by atoms with E-state index in [1.54, 1.807) is 18.2 Å². The number of anilines is 1. The number of halogens is 1. The second kappa shape index (κ2) is 4.66. The number of hydrogen-bond donors (Lipinski definition) is 2. The smallest absolute Gasteiger partial charge is 0.319 e. The molecule has 1 aromatic heterocycles. The van der Waals surface area contributed by atoms with E-state index in [-0.39, 0.29) is 5.82 Å². The molecule has 0 atom stereocenters. The molecule has 18 heavy (non-hydrogen) atoms. The Bertz CT molecular complexity index is 659. The fourth-order valence-corrected chi connectivity index (χ4v) is 1.55. The van der Waals surface area contributed by atoms with Crippen LogP contribution in [-0.4, -0.2) is 20.7 Å². The fourth-order valence-electron chi connectivity index (χ4n) is 1.37. The normalized spacial score (nSPS) is 10.4. The number of benzene rings is 1. The quantitative estimate of drug-likeness (QED) is 0.860. The van der Waals surface area contributed by atoms with Crippen molar-refractivity contribution in [2.24, 2.45) is 7.05 Å². The Morgan fingerprint density at radius 3 is 2.78 bits per heavy atom. The first kappa shape index (κ1) is 12.4. The van der Waals surface area contributed by atoms with Gasteiger partial charge in [-0.15, -0.1) is 5.10 Å². The zero-order valence-electron chi connectivity index (χ0n) is 9.82. The minimum Gasteiger partial charge on any atom is -0.319 e. The van der Waals surface area contributed by atoms with Crippen molar-refractivity contribution in [2.45, 2.75) is 6.92 Å². The highest BCUT2D eigenvalue weighted by Gasteiger charge is 2.12. The van der Waals surface area contributed by atoms with Gasteiger partial charge in [0.2, 0.25) is 5.82 Å². The molecular weight excluding hydrogens is 256 g/mol. The van der Waals surface area contributed by atoms with Crippen LogP contribution in [0.5, 0.6) is 0 Å². The van der Waals surface area contributed by atoms with Gasteiger partial charge in [0.25, 0.3) is 5.91 Å². The van der Waals surface area contributed by atoms with E-state index in [1.165, 1.54) is 7.05 Å². The number of aromatic nitrogens is 3. The van der Waals surface area contributed by atoms with Gasteiger partial charge in [-0.05, 0) is 24.6 Å². The van der Waals surface area contributed by atoms with E-state index in [0.29, 0.717) is 10.7 Å². The summed E-state index contributed by atoms with van der Waals surface area (Å²) in [6.07, 6.45) is 0. The van der Waals surface area contributed by atoms with Crippen molar-refractivity contribution in [3.8, 4) is 0 Å². The molecule has 1 amide bonds. The van der Waals surface area contributed by atoms with Crippen LogP contribution in [0.2, 0.25) is 5.02 Å². The lowest BCUT2D eigenvalue weighted by Gasteiger charge is -2.04. The zero-order valence-corrected chi connectivity index (χ0v) is 10.6. The Labute approximate surface area is 108 Å². The number of nitrogens with zero attached hydrogens (tertiary/aromatic N) is 2. The van der Waals surface area contributed by atoms with Crippen LogP contribution in [0, 0.1) is 6.92 Å². The number of nitrogens with one attached hydrogen (secondary N) is 2. The molecule has 1 aromatic carbocycles. The minimum atomic E-state index is -0.493. The number of H-pyrrole nitrogens is 1. The highest BCUT2D eigenvalue weighted by molar-refractivity contribution is 6.31. The summed E-state index contributed by atoms with van der Waals surface area (Å²) in [6.45, 7) is 1.87. The number of carbonyl (C=O) groups excluding carboxylic acids is 1. The van der Waals surface area contributed by atoms with Crippen molar-refractivity contribution >= 4 is 23.2 Å². The SMILES string of the molecule is Cc1ccc(NC(=O)c2nn(C)c(=O)[nH]2)cc1Cl. The molecule has 0 fully saturated rings. The molecule has 0 aliphatic heterocycles. The van der Waals surface area contributed by atoms with Gasteiger partial charge in [0.1, 0.15) is 0 Å². The summed E-state index contributed by atoms with van der Waals surface area (Å²) < 4.78 is 1.05. The molecule has 0 saturated carbocycles. The molecule has 7 heteroatoms. The lowest BCUT2D eigenvalue weighted by molar-refractivity contribution is 0.101. The summed E-state index contributed by atoms with van der Waals surface area (Å²) in [5.74, 6) is -0.535. The maximum absolute atomic E-state index is 11.8. The average molecular weight is 267 g/mol. The van der Waals surface area contributed by atoms with Crippen molar-refractivity contribution in [1.29, 1.82) is 0 Å². The van der Waals surface area contributed by atoms with Crippen molar-refractivity contribution in [3.05, 3.63) is 45.1 Å². The molecule has 2 rings (SSSR count). The van der Waals surface area contributed by atoms with Gasteiger partial charge in [-0.1, -0.05) is 17.7 Å². The Balaban J connectivity index is 2.21. The molecular formula is C11H11ClN4O2. The number of carbonyl (C=O) groups is 1. The number of hydrogen-bond acceptors (Lipinski definition) is 3. The molecule has 2 aromatic rings. The largest absolute Gasteiger partial charge is 0.343 e. The molecule has 2 N–H and O–H groups in total. The van der Waals surface area contributed by atoms with Crippen molar-refractivity contribution in [3.63, 3.8) is 0 Å². The second-order valence-corrected chi connectivity index (χ2v) is 4.23. The topological polar surface area (TPSA) is 79.8 Å². The third-order valence-corrected chi connectivity index (χ3v) is 2.82. The Kier molecular flexibility index (Phi) is 3.20. The first-order valence-electron chi connectivity index (χ1n) is 5.18. The van der Waals surface area contributed by atoms with E-state index in [2.05, 4.69) is 15.4 Å². The van der Waals surface area contributed by atoms with Gasteiger partial charge in [0.15, 0.2) is 0 Å². The number of aryl methyl sites for hydroxylation is 2. The van der Waals surface area contributed by atoms with Gasteiger partial charge in [0, 0.05) is 17.8 Å². The average Bonchev–Trinajstić information content (AvgIpc) is 2.65. The van der Waals surface area contributed by atoms with Gasteiger partial charge in [-0.2, -0.15) is 0 Å². The molecule has 0 unspecified atom stereocenters. The highest BCUT2D eigenvalue weighted by atomic mass is 35.5. The molecule has 0 radical (unpaired) electrons. The molecule has 0 aliphatic rings. The van der Waals surface area contributed by atoms with Crippen LogP contribution in [0.15, 0.2) is 23.0 Å². The lowest BCUT2D eigenvalue weighted by atomic mass is 10.2. The van der Waals surface area contributed by atoms with E-state index in [4.69, 9.17) is 11.6 Å². The summed E-state index contributed by atoms with van der Waals surface area (Å²) in [6, 6.07) is 5.15. The van der Waals surface area contributed by atoms with Crippen LogP contribution < -0.4 is 11.0 Å². The number of amides is 1. The maximum Gasteiger partial charge on any atom is 0.343 e. The summed E-state index contributed by atoms with van der Waals surface area (Å²) in [5.41, 5.74) is 1.02. The van der Waals surface area contributed by atoms with Crippen LogP contribution in [0.3, 0.4) is 0 Å². The van der Waals surface area contributed by atoms with E-state index in [1.807, 2.05) is 6.92 Å². The Morgan fingerprint density at radius 1 is 1.50 bits per heavy atom. The Hall–Kier alpha value is -2.08. The third-order valence-electron chi connectivity index (χ3n) is 2.41. The minimum absolute atomic E-state index is 0.0424. The molecule has 6 nitrogen and oxygen atoms in total. The predicted molar refractivity (Wildman–Crippen MR) is 68.0 cm³/mol. The molecule has 0 bridgehead atoms. The first-order valence-corrected chi connectivity index (χ1v) is 5.56. The van der Waals surface area contributed by atoms with Crippen LogP contribution in [0.1, 0.15) is 16.2 Å². The molecule has 1 heterocycles. The first-order chi connectivity index (χ1) is 8.47. The maximum atomic E-state index is 11.8. The second-order valence-electron chi connectivity index (χ2n) is 3.82. The van der Waals surface area contributed by atoms with Crippen LogP contribution in [0.25, 0.3) is 0 Å². The monoisotopic (exact) mass is 266 g/mol. The summed E-state index contributed by atoms with van der Waals surface area (Å²) >= 11 is 5.94. The number of rotatable bonds is 2. The van der Waals surface area contributed by atoms with Crippen LogP contribution in [0.4, 0.5) is 5.69 Å². The molecule has 0 aliphatic carbocycles. The molecule has 0 saturated heterocycles. The summed E-state index contributed by atoms with van der Waals surface area (Å²) in [5, 5.41) is 6.91. The summed E-state index contributed by atoms with van der Waals surface area (Å²) in [4.78, 5) is 25.3. The van der Waals surface area contributed by atoms with E-state index in [9.17, 15) is 9.59 Å². The van der Waals surface area contributed by atoms with Gasteiger partial charge in [0.05, 0.1) is 0 Å². The van der Waals surface area contributed by atoms with Gasteiger partial charge < -0.3 is 5.32 Å². The van der Waals surface area contributed by atoms with Crippen molar-refractivity contribution in [1.82, 2.24) is 14.8 Å². The van der Waals surface area contributed by atoms with Gasteiger partial charge >= 0.3 is 5.69 Å². The van der Waals surface area contributed by atoms with E-state index in [0.717, 1.165) is 10.2 Å². The molecule has 0 spiro atoms. The standard InChI is InChI=1S/C11H11ClN4O2/c1-6-3-4-7(5-8(6)12)13-10(17)9-14-11(18)16(2)15-9/h3-5H,1-2H3,(H,13,17)(H,14,15,18). The zero-order chi connectivity index (χ0) is 13.3. The third kappa shape index (κ3) is 2.43. The van der Waals surface area contributed by atoms with E-state index >= 15 is 0 Å². The van der Waals surface area contributed by atoms with Crippen LogP contribution in [-0.2, 0) is 7.05 Å². The van der Waals surface area contributed by atoms with Crippen LogP contribution >= 0.6 is 11.6 Å². The highest BCUT2D eigenvalue weighted by Crippen LogP contribution is 2.20.